The first-order chi connectivity index (χ1) is 17.6. The van der Waals surface area contributed by atoms with Crippen molar-refractivity contribution in [2.24, 2.45) is 0 Å². The minimum absolute atomic E-state index is 0. The smallest absolute Gasteiger partial charge is 0.336 e. The third-order valence-electron chi connectivity index (χ3n) is 6.84. The first kappa shape index (κ1) is 26.9. The van der Waals surface area contributed by atoms with Crippen molar-refractivity contribution in [3.8, 4) is 5.75 Å². The van der Waals surface area contributed by atoms with Crippen LogP contribution in [0.4, 0.5) is 0 Å². The van der Waals surface area contributed by atoms with Gasteiger partial charge in [-0.15, -0.1) is 12.4 Å². The molecule has 0 bridgehead atoms. The Morgan fingerprint density at radius 1 is 0.892 bits per heavy atom. The lowest BCUT2D eigenvalue weighted by Crippen LogP contribution is -2.50. The van der Waals surface area contributed by atoms with E-state index in [1.807, 2.05) is 19.1 Å². The number of β-amino-alcohol motifs (C(OH)–C–C–N with tert-alkyl or cyclic N) is 1. The minimum atomic E-state index is -0.615. The lowest BCUT2D eigenvalue weighted by molar-refractivity contribution is 0.0401. The van der Waals surface area contributed by atoms with Gasteiger partial charge in [0.1, 0.15) is 24.0 Å². The van der Waals surface area contributed by atoms with E-state index >= 15 is 0 Å². The van der Waals surface area contributed by atoms with E-state index in [9.17, 15) is 9.90 Å². The van der Waals surface area contributed by atoms with Gasteiger partial charge in [-0.3, -0.25) is 9.80 Å². The summed E-state index contributed by atoms with van der Waals surface area (Å²) in [7, 11) is 0. The van der Waals surface area contributed by atoms with Gasteiger partial charge in [0.05, 0.1) is 6.04 Å². The Labute approximate surface area is 223 Å². The SMILES string of the molecule is Cc1cc(=O)oc2cc(OCC(O)CN3CCN(C(c4ccccc4)c4ccccc4)CC3)ccc12.Cl. The number of aryl methyl sites for hydroxylation is 1. The average Bonchev–Trinajstić information content (AvgIpc) is 2.89. The highest BCUT2D eigenvalue weighted by molar-refractivity contribution is 5.85. The molecule has 2 heterocycles. The molecule has 1 unspecified atom stereocenters. The van der Waals surface area contributed by atoms with E-state index in [1.165, 1.54) is 17.2 Å². The van der Waals surface area contributed by atoms with E-state index in [4.69, 9.17) is 9.15 Å². The summed E-state index contributed by atoms with van der Waals surface area (Å²) in [5.41, 5.74) is 3.58. The highest BCUT2D eigenvalue weighted by Crippen LogP contribution is 2.29. The van der Waals surface area contributed by atoms with Gasteiger partial charge < -0.3 is 14.3 Å². The number of aliphatic hydroxyl groups excluding tert-OH is 1. The molecule has 0 aliphatic carbocycles. The van der Waals surface area contributed by atoms with Crippen LogP contribution in [0.15, 0.2) is 94.1 Å². The largest absolute Gasteiger partial charge is 0.491 e. The maximum absolute atomic E-state index is 11.7. The number of aliphatic hydroxyl groups is 1. The Balaban J connectivity index is 0.00000320. The molecule has 1 saturated heterocycles. The van der Waals surface area contributed by atoms with Crippen LogP contribution in [0, 0.1) is 6.92 Å². The molecule has 0 radical (unpaired) electrons. The van der Waals surface area contributed by atoms with Crippen molar-refractivity contribution >= 4 is 23.4 Å². The standard InChI is InChI=1S/C30H32N2O4.ClH/c1-22-18-29(34)36-28-19-26(12-13-27(22)28)35-21-25(33)20-31-14-16-32(17-15-31)30(23-8-4-2-5-9-23)24-10-6-3-7-11-24;/h2-13,18-19,25,30,33H,14-17,20-21H2,1H3;1H. The molecule has 1 fully saturated rings. The summed E-state index contributed by atoms with van der Waals surface area (Å²) >= 11 is 0. The van der Waals surface area contributed by atoms with Crippen molar-refractivity contribution < 1.29 is 14.3 Å². The second-order valence-electron chi connectivity index (χ2n) is 9.43. The van der Waals surface area contributed by atoms with Gasteiger partial charge in [0.2, 0.25) is 0 Å². The van der Waals surface area contributed by atoms with Crippen LogP contribution in [0.1, 0.15) is 22.7 Å². The van der Waals surface area contributed by atoms with Crippen LogP contribution in [0.2, 0.25) is 0 Å². The first-order valence-corrected chi connectivity index (χ1v) is 12.5. The normalized spacial score (nSPS) is 15.4. The molecular weight excluding hydrogens is 488 g/mol. The second kappa shape index (κ2) is 12.4. The molecular formula is C30H33ClN2O4. The molecule has 1 N–H and O–H groups in total. The summed E-state index contributed by atoms with van der Waals surface area (Å²) in [5.74, 6) is 0.577. The molecule has 4 aromatic rings. The highest BCUT2D eigenvalue weighted by atomic mass is 35.5. The van der Waals surface area contributed by atoms with Gasteiger partial charge in [-0.05, 0) is 35.7 Å². The van der Waals surface area contributed by atoms with Crippen molar-refractivity contribution in [1.82, 2.24) is 9.80 Å². The summed E-state index contributed by atoms with van der Waals surface area (Å²) in [6.45, 7) is 6.22. The van der Waals surface area contributed by atoms with E-state index in [0.717, 1.165) is 37.1 Å². The topological polar surface area (TPSA) is 66.2 Å². The quantitative estimate of drug-likeness (QED) is 0.341. The predicted octanol–water partition coefficient (Wildman–Crippen LogP) is 4.67. The number of halogens is 1. The first-order valence-electron chi connectivity index (χ1n) is 12.5. The lowest BCUT2D eigenvalue weighted by atomic mass is 9.96. The number of ether oxygens (including phenoxy) is 1. The molecule has 6 nitrogen and oxygen atoms in total. The summed E-state index contributed by atoms with van der Waals surface area (Å²) in [6.07, 6.45) is -0.615. The molecule has 1 aliphatic rings. The molecule has 3 aromatic carbocycles. The van der Waals surface area contributed by atoms with Crippen molar-refractivity contribution in [1.29, 1.82) is 0 Å². The molecule has 7 heteroatoms. The maximum Gasteiger partial charge on any atom is 0.336 e. The van der Waals surface area contributed by atoms with E-state index < -0.39 is 6.10 Å². The Hall–Kier alpha value is -3.16. The molecule has 37 heavy (non-hydrogen) atoms. The molecule has 1 aromatic heterocycles. The molecule has 1 atom stereocenters. The van der Waals surface area contributed by atoms with Gasteiger partial charge >= 0.3 is 5.63 Å². The fourth-order valence-corrected chi connectivity index (χ4v) is 5.03. The summed E-state index contributed by atoms with van der Waals surface area (Å²) < 4.78 is 11.1. The number of hydrogen-bond donors (Lipinski definition) is 1. The Morgan fingerprint density at radius 3 is 2.14 bits per heavy atom. The number of piperazine rings is 1. The van der Waals surface area contributed by atoms with Crippen molar-refractivity contribution in [3.63, 3.8) is 0 Å². The minimum Gasteiger partial charge on any atom is -0.491 e. The van der Waals surface area contributed by atoms with Crippen molar-refractivity contribution in [3.05, 3.63) is 112 Å². The number of rotatable bonds is 8. The van der Waals surface area contributed by atoms with E-state index in [0.29, 0.717) is 17.9 Å². The summed E-state index contributed by atoms with van der Waals surface area (Å²) in [6, 6.07) is 28.4. The van der Waals surface area contributed by atoms with Gasteiger partial charge in [-0.25, -0.2) is 4.79 Å². The zero-order valence-corrected chi connectivity index (χ0v) is 21.8. The Bertz CT molecular complexity index is 1300. The summed E-state index contributed by atoms with van der Waals surface area (Å²) in [5, 5.41) is 11.5. The third-order valence-corrected chi connectivity index (χ3v) is 6.84. The van der Waals surface area contributed by atoms with Gasteiger partial charge in [-0.1, -0.05) is 60.7 Å². The average molecular weight is 521 g/mol. The van der Waals surface area contributed by atoms with Gasteiger partial charge in [0.15, 0.2) is 0 Å². The van der Waals surface area contributed by atoms with Gasteiger partial charge in [0, 0.05) is 50.2 Å². The van der Waals surface area contributed by atoms with E-state index in [2.05, 4.69) is 70.5 Å². The van der Waals surface area contributed by atoms with Crippen LogP contribution in [-0.2, 0) is 0 Å². The molecule has 0 saturated carbocycles. The monoisotopic (exact) mass is 520 g/mol. The molecule has 0 amide bonds. The van der Waals surface area contributed by atoms with Crippen LogP contribution in [-0.4, -0.2) is 60.3 Å². The number of fused-ring (bicyclic) bond motifs is 1. The van der Waals surface area contributed by atoms with Crippen LogP contribution in [0.3, 0.4) is 0 Å². The Morgan fingerprint density at radius 2 is 1.51 bits per heavy atom. The lowest BCUT2D eigenvalue weighted by Gasteiger charge is -2.40. The molecule has 1 aliphatic heterocycles. The van der Waals surface area contributed by atoms with Crippen LogP contribution in [0.25, 0.3) is 11.0 Å². The van der Waals surface area contributed by atoms with Gasteiger partial charge in [-0.2, -0.15) is 0 Å². The van der Waals surface area contributed by atoms with Crippen LogP contribution >= 0.6 is 12.4 Å². The zero-order valence-electron chi connectivity index (χ0n) is 21.0. The Kier molecular flexibility index (Phi) is 9.00. The number of nitrogens with zero attached hydrogens (tertiary/aromatic N) is 2. The van der Waals surface area contributed by atoms with Crippen molar-refractivity contribution in [2.75, 3.05) is 39.3 Å². The number of hydrogen-bond acceptors (Lipinski definition) is 6. The van der Waals surface area contributed by atoms with E-state index in [-0.39, 0.29) is 30.7 Å². The predicted molar refractivity (Wildman–Crippen MR) is 149 cm³/mol. The molecule has 194 valence electrons. The summed E-state index contributed by atoms with van der Waals surface area (Å²) in [4.78, 5) is 16.5. The van der Waals surface area contributed by atoms with Crippen molar-refractivity contribution in [2.45, 2.75) is 19.1 Å². The van der Waals surface area contributed by atoms with Crippen LogP contribution in [0.5, 0.6) is 5.75 Å². The maximum atomic E-state index is 11.7. The van der Waals surface area contributed by atoms with Gasteiger partial charge in [0.25, 0.3) is 0 Å². The molecule has 0 spiro atoms. The van der Waals surface area contributed by atoms with E-state index in [1.54, 1.807) is 6.07 Å². The fraction of sp³-hybridized carbons (Fsp3) is 0.300. The van der Waals surface area contributed by atoms with Crippen LogP contribution < -0.4 is 10.4 Å². The second-order valence-corrected chi connectivity index (χ2v) is 9.43. The third kappa shape index (κ3) is 6.59. The highest BCUT2D eigenvalue weighted by Gasteiger charge is 2.27. The zero-order chi connectivity index (χ0) is 24.9. The molecule has 5 rings (SSSR count). The fourth-order valence-electron chi connectivity index (χ4n) is 5.03. The number of benzene rings is 3.